The zero-order chi connectivity index (χ0) is 15.4. The number of nitrogens with one attached hydrogen (secondary N) is 1. The summed E-state index contributed by atoms with van der Waals surface area (Å²) < 4.78 is 0. The minimum atomic E-state index is 0.129. The van der Waals surface area contributed by atoms with Gasteiger partial charge >= 0.3 is 0 Å². The fourth-order valence-corrected chi connectivity index (χ4v) is 2.89. The Labute approximate surface area is 132 Å². The second-order valence-electron chi connectivity index (χ2n) is 5.89. The van der Waals surface area contributed by atoms with Crippen LogP contribution in [0.5, 0.6) is 0 Å². The van der Waals surface area contributed by atoms with Gasteiger partial charge in [0.05, 0.1) is 0 Å². The largest absolute Gasteiger partial charge is 0.337 e. The second kappa shape index (κ2) is 6.75. The van der Waals surface area contributed by atoms with Gasteiger partial charge in [0.15, 0.2) is 0 Å². The van der Waals surface area contributed by atoms with Crippen molar-refractivity contribution in [2.45, 2.75) is 19.4 Å². The minimum absolute atomic E-state index is 0.129. The average Bonchev–Trinajstić information content (AvgIpc) is 2.82. The molecule has 0 radical (unpaired) electrons. The van der Waals surface area contributed by atoms with E-state index < -0.39 is 0 Å². The van der Waals surface area contributed by atoms with Crippen molar-refractivity contribution in [1.82, 2.24) is 10.2 Å². The van der Waals surface area contributed by atoms with E-state index >= 15 is 0 Å². The van der Waals surface area contributed by atoms with E-state index in [1.165, 1.54) is 11.1 Å². The van der Waals surface area contributed by atoms with Crippen LogP contribution in [0.3, 0.4) is 0 Å². The van der Waals surface area contributed by atoms with E-state index in [1.807, 2.05) is 54.3 Å². The van der Waals surface area contributed by atoms with Crippen molar-refractivity contribution in [1.29, 1.82) is 0 Å². The predicted molar refractivity (Wildman–Crippen MR) is 88.9 cm³/mol. The van der Waals surface area contributed by atoms with Gasteiger partial charge in [-0.15, -0.1) is 0 Å². The molecule has 3 rings (SSSR count). The third kappa shape index (κ3) is 3.37. The predicted octanol–water partition coefficient (Wildman–Crippen LogP) is 3.17. The molecule has 1 aliphatic rings. The summed E-state index contributed by atoms with van der Waals surface area (Å²) in [6, 6.07) is 18.4. The SMILES string of the molecule is Cc1ccc(C(=O)N2CCCNC(c3ccccc3)C2)cc1. The highest BCUT2D eigenvalue weighted by atomic mass is 16.2. The van der Waals surface area contributed by atoms with Gasteiger partial charge in [-0.05, 0) is 37.6 Å². The molecular weight excluding hydrogens is 272 g/mol. The van der Waals surface area contributed by atoms with Gasteiger partial charge in [-0.3, -0.25) is 4.79 Å². The molecule has 1 N–H and O–H groups in total. The van der Waals surface area contributed by atoms with Gasteiger partial charge in [0.1, 0.15) is 0 Å². The van der Waals surface area contributed by atoms with Gasteiger partial charge in [0.25, 0.3) is 5.91 Å². The Hall–Kier alpha value is -2.13. The molecular formula is C19H22N2O. The standard InChI is InChI=1S/C19H22N2O/c1-15-8-10-17(11-9-15)19(22)21-13-5-12-20-18(14-21)16-6-3-2-4-7-16/h2-4,6-11,18,20H,5,12-14H2,1H3. The van der Waals surface area contributed by atoms with E-state index in [0.717, 1.165) is 31.6 Å². The van der Waals surface area contributed by atoms with Crippen LogP contribution in [-0.2, 0) is 0 Å². The smallest absolute Gasteiger partial charge is 0.253 e. The first-order valence-corrected chi connectivity index (χ1v) is 7.88. The molecule has 22 heavy (non-hydrogen) atoms. The van der Waals surface area contributed by atoms with Crippen molar-refractivity contribution in [3.05, 3.63) is 71.3 Å². The molecule has 0 saturated carbocycles. The number of hydrogen-bond acceptors (Lipinski definition) is 2. The Morgan fingerprint density at radius 2 is 1.82 bits per heavy atom. The molecule has 1 unspecified atom stereocenters. The molecule has 1 saturated heterocycles. The van der Waals surface area contributed by atoms with Crippen molar-refractivity contribution in [2.24, 2.45) is 0 Å². The zero-order valence-corrected chi connectivity index (χ0v) is 13.0. The molecule has 1 aliphatic heterocycles. The van der Waals surface area contributed by atoms with E-state index in [9.17, 15) is 4.79 Å². The maximum Gasteiger partial charge on any atom is 0.253 e. The number of rotatable bonds is 2. The summed E-state index contributed by atoms with van der Waals surface area (Å²) in [6.07, 6.45) is 0.987. The van der Waals surface area contributed by atoms with Crippen LogP contribution < -0.4 is 5.32 Å². The number of nitrogens with zero attached hydrogens (tertiary/aromatic N) is 1. The summed E-state index contributed by atoms with van der Waals surface area (Å²) in [6.45, 7) is 4.51. The van der Waals surface area contributed by atoms with Crippen molar-refractivity contribution in [3.63, 3.8) is 0 Å². The van der Waals surface area contributed by atoms with Crippen molar-refractivity contribution in [3.8, 4) is 0 Å². The number of carbonyl (C=O) groups is 1. The quantitative estimate of drug-likeness (QED) is 0.922. The number of hydrogen-bond donors (Lipinski definition) is 1. The third-order valence-corrected chi connectivity index (χ3v) is 4.19. The third-order valence-electron chi connectivity index (χ3n) is 4.19. The number of carbonyl (C=O) groups excluding carboxylic acids is 1. The normalized spacial score (nSPS) is 18.8. The van der Waals surface area contributed by atoms with Crippen molar-refractivity contribution < 1.29 is 4.79 Å². The first kappa shape index (κ1) is 14.8. The maximum atomic E-state index is 12.7. The Morgan fingerprint density at radius 1 is 1.09 bits per heavy atom. The number of aryl methyl sites for hydroxylation is 1. The van der Waals surface area contributed by atoms with E-state index in [4.69, 9.17) is 0 Å². The van der Waals surface area contributed by atoms with Gasteiger partial charge < -0.3 is 10.2 Å². The Morgan fingerprint density at radius 3 is 2.55 bits per heavy atom. The van der Waals surface area contributed by atoms with Crippen LogP contribution in [0.25, 0.3) is 0 Å². The van der Waals surface area contributed by atoms with Crippen LogP contribution in [0, 0.1) is 6.92 Å². The van der Waals surface area contributed by atoms with E-state index in [-0.39, 0.29) is 11.9 Å². The maximum absolute atomic E-state index is 12.7. The van der Waals surface area contributed by atoms with Crippen molar-refractivity contribution >= 4 is 5.91 Å². The molecule has 3 heteroatoms. The van der Waals surface area contributed by atoms with E-state index in [0.29, 0.717) is 0 Å². The van der Waals surface area contributed by atoms with Crippen LogP contribution in [0.15, 0.2) is 54.6 Å². The highest BCUT2D eigenvalue weighted by Gasteiger charge is 2.23. The summed E-state index contributed by atoms with van der Waals surface area (Å²) in [5, 5.41) is 3.55. The van der Waals surface area contributed by atoms with Gasteiger partial charge in [0.2, 0.25) is 0 Å². The lowest BCUT2D eigenvalue weighted by Crippen LogP contribution is -2.36. The van der Waals surface area contributed by atoms with Gasteiger partial charge in [-0.1, -0.05) is 48.0 Å². The molecule has 0 aromatic heterocycles. The van der Waals surface area contributed by atoms with Gasteiger partial charge in [-0.2, -0.15) is 0 Å². The minimum Gasteiger partial charge on any atom is -0.337 e. The molecule has 2 aromatic rings. The molecule has 2 aromatic carbocycles. The highest BCUT2D eigenvalue weighted by Crippen LogP contribution is 2.18. The lowest BCUT2D eigenvalue weighted by atomic mass is 10.1. The number of amides is 1. The lowest BCUT2D eigenvalue weighted by Gasteiger charge is -2.25. The van der Waals surface area contributed by atoms with E-state index in [1.54, 1.807) is 0 Å². The molecule has 0 aliphatic carbocycles. The van der Waals surface area contributed by atoms with Crippen LogP contribution in [0.2, 0.25) is 0 Å². The first-order chi connectivity index (χ1) is 10.7. The Bertz CT molecular complexity index is 622. The van der Waals surface area contributed by atoms with Crippen molar-refractivity contribution in [2.75, 3.05) is 19.6 Å². The highest BCUT2D eigenvalue weighted by molar-refractivity contribution is 5.94. The fourth-order valence-electron chi connectivity index (χ4n) is 2.89. The summed E-state index contributed by atoms with van der Waals surface area (Å²) in [7, 11) is 0. The average molecular weight is 294 g/mol. The van der Waals surface area contributed by atoms with Crippen LogP contribution in [-0.4, -0.2) is 30.4 Å². The molecule has 114 valence electrons. The molecule has 0 spiro atoms. The molecule has 1 amide bonds. The first-order valence-electron chi connectivity index (χ1n) is 7.88. The Kier molecular flexibility index (Phi) is 4.54. The molecule has 1 fully saturated rings. The van der Waals surface area contributed by atoms with Crippen LogP contribution >= 0.6 is 0 Å². The van der Waals surface area contributed by atoms with Gasteiger partial charge in [0, 0.05) is 24.7 Å². The fraction of sp³-hybridized carbons (Fsp3) is 0.316. The molecule has 3 nitrogen and oxygen atoms in total. The summed E-state index contributed by atoms with van der Waals surface area (Å²) in [5.74, 6) is 0.129. The van der Waals surface area contributed by atoms with Crippen LogP contribution in [0.1, 0.15) is 33.9 Å². The molecule has 1 heterocycles. The zero-order valence-electron chi connectivity index (χ0n) is 13.0. The lowest BCUT2D eigenvalue weighted by molar-refractivity contribution is 0.0753. The topological polar surface area (TPSA) is 32.3 Å². The summed E-state index contributed by atoms with van der Waals surface area (Å²) >= 11 is 0. The molecule has 1 atom stereocenters. The summed E-state index contributed by atoms with van der Waals surface area (Å²) in [5.41, 5.74) is 3.20. The van der Waals surface area contributed by atoms with Crippen LogP contribution in [0.4, 0.5) is 0 Å². The number of benzene rings is 2. The van der Waals surface area contributed by atoms with Gasteiger partial charge in [-0.25, -0.2) is 0 Å². The second-order valence-corrected chi connectivity index (χ2v) is 5.89. The Balaban J connectivity index is 1.78. The van der Waals surface area contributed by atoms with E-state index in [2.05, 4.69) is 17.4 Å². The molecule has 0 bridgehead atoms. The monoisotopic (exact) mass is 294 g/mol. The summed E-state index contributed by atoms with van der Waals surface area (Å²) in [4.78, 5) is 14.7.